The molecule has 0 amide bonds. The van der Waals surface area contributed by atoms with Gasteiger partial charge >= 0.3 is 0 Å². The Hall–Kier alpha value is -3.56. The van der Waals surface area contributed by atoms with Crippen LogP contribution in [0.5, 0.6) is 0 Å². The Balaban J connectivity index is 0.000000500. The normalized spacial score (nSPS) is 10.7. The molecule has 0 N–H and O–H groups in total. The molecule has 2 aromatic carbocycles. The molecule has 3 aromatic rings. The van der Waals surface area contributed by atoms with Crippen LogP contribution in [0.25, 0.3) is 11.4 Å². The molecule has 146 valence electrons. The summed E-state index contributed by atoms with van der Waals surface area (Å²) < 4.78 is 34.0. The molecule has 28 heavy (non-hydrogen) atoms. The van der Waals surface area contributed by atoms with Crippen LogP contribution in [0.2, 0.25) is 0 Å². The predicted molar refractivity (Wildman–Crippen MR) is 76.2 cm³/mol. The molecule has 0 aliphatic heterocycles. The summed E-state index contributed by atoms with van der Waals surface area (Å²) in [6, 6.07) is 11.6. The Morgan fingerprint density at radius 1 is 0.821 bits per heavy atom. The fourth-order valence-electron chi connectivity index (χ4n) is 1.99. The van der Waals surface area contributed by atoms with Crippen LogP contribution in [-0.2, 0) is 0 Å². The van der Waals surface area contributed by atoms with E-state index in [-0.39, 0.29) is 11.4 Å². The third-order valence-electron chi connectivity index (χ3n) is 3.08. The number of rotatable bonds is 4. The zero-order valence-corrected chi connectivity index (χ0v) is 14.3. The second-order valence-corrected chi connectivity index (χ2v) is 5.61. The van der Waals surface area contributed by atoms with Gasteiger partial charge in [0.15, 0.2) is 5.69 Å². The maximum absolute atomic E-state index is 10.7. The number of hydrogen-bond acceptors (Lipinski definition) is 10. The highest BCUT2D eigenvalue weighted by molar-refractivity contribution is 5.39. The summed E-state index contributed by atoms with van der Waals surface area (Å²) in [5.74, 6) is 0. The molecule has 0 saturated heterocycles. The van der Waals surface area contributed by atoms with Crippen molar-refractivity contribution in [3.05, 3.63) is 75.1 Å². The number of tetrazole rings is 1. The van der Waals surface area contributed by atoms with Gasteiger partial charge in [0.05, 0.1) is 14.9 Å². The number of nitro benzene ring substituents is 2. The Labute approximate surface area is 157 Å². The van der Waals surface area contributed by atoms with Crippen molar-refractivity contribution in [3.8, 4) is 11.4 Å². The van der Waals surface area contributed by atoms with E-state index in [1.54, 1.807) is 0 Å². The van der Waals surface area contributed by atoms with E-state index in [0.717, 1.165) is 0 Å². The Morgan fingerprint density at radius 3 is 1.68 bits per heavy atom. The molecule has 0 bridgehead atoms. The van der Waals surface area contributed by atoms with Crippen LogP contribution >= 0.6 is 0 Å². The smallest absolute Gasteiger partial charge is 0.258 e. The van der Waals surface area contributed by atoms with Crippen molar-refractivity contribution in [2.24, 2.45) is 0 Å². The fraction of sp³-hybridized carbons (Fsp3) is 0. The van der Waals surface area contributed by atoms with Gasteiger partial charge in [-0.05, 0) is 34.2 Å². The SMILES string of the molecule is O=[N+]([O-])c1ccc(-n2ncn[n+]2-c2ccc([N+](=O)[O-])cc2)cc1.[O-][Cl+3]([O-])([O-])[O-]. The lowest BCUT2D eigenvalue weighted by Crippen LogP contribution is -2.68. The van der Waals surface area contributed by atoms with Gasteiger partial charge in [-0.25, -0.2) is 18.6 Å². The van der Waals surface area contributed by atoms with E-state index in [9.17, 15) is 20.2 Å². The summed E-state index contributed by atoms with van der Waals surface area (Å²) in [6.45, 7) is 0. The van der Waals surface area contributed by atoms with E-state index in [1.807, 2.05) is 0 Å². The maximum Gasteiger partial charge on any atom is 0.297 e. The van der Waals surface area contributed by atoms with Crippen molar-refractivity contribution in [1.82, 2.24) is 15.0 Å². The van der Waals surface area contributed by atoms with Crippen LogP contribution in [0.1, 0.15) is 0 Å². The van der Waals surface area contributed by atoms with Gasteiger partial charge in [-0.1, -0.05) is 0 Å². The number of halogens is 1. The number of hydrogen-bond donors (Lipinski definition) is 0. The third-order valence-corrected chi connectivity index (χ3v) is 3.08. The van der Waals surface area contributed by atoms with Gasteiger partial charge in [-0.2, -0.15) is 0 Å². The average Bonchev–Trinajstić information content (AvgIpc) is 3.10. The van der Waals surface area contributed by atoms with Gasteiger partial charge in [0.2, 0.25) is 0 Å². The highest BCUT2D eigenvalue weighted by Gasteiger charge is 2.18. The lowest BCUT2D eigenvalue weighted by atomic mass is 10.3. The van der Waals surface area contributed by atoms with Gasteiger partial charge < -0.3 is 0 Å². The number of non-ortho nitro benzene ring substituents is 2. The minimum atomic E-state index is -4.94. The van der Waals surface area contributed by atoms with Crippen LogP contribution in [-0.4, -0.2) is 24.8 Å². The molecule has 0 saturated carbocycles. The minimum absolute atomic E-state index is 0.0317. The van der Waals surface area contributed by atoms with E-state index in [1.165, 1.54) is 64.5 Å². The first-order valence-corrected chi connectivity index (χ1v) is 8.24. The Morgan fingerprint density at radius 2 is 1.25 bits per heavy atom. The monoisotopic (exact) mass is 412 g/mol. The molecule has 0 fully saturated rings. The molecule has 14 nitrogen and oxygen atoms in total. The highest BCUT2D eigenvalue weighted by atomic mass is 35.7. The Kier molecular flexibility index (Phi) is 6.24. The summed E-state index contributed by atoms with van der Waals surface area (Å²) in [5, 5.41) is 29.5. The van der Waals surface area contributed by atoms with Gasteiger partial charge in [0, 0.05) is 29.1 Å². The van der Waals surface area contributed by atoms with E-state index in [2.05, 4.69) is 10.2 Å². The molecule has 0 unspecified atom stereocenters. The van der Waals surface area contributed by atoms with E-state index in [4.69, 9.17) is 18.6 Å². The fourth-order valence-corrected chi connectivity index (χ4v) is 1.99. The number of nitrogens with zero attached hydrogens (tertiary/aromatic N) is 6. The summed E-state index contributed by atoms with van der Waals surface area (Å²) in [5.41, 5.74) is 1.06. The molecule has 0 spiro atoms. The van der Waals surface area contributed by atoms with E-state index < -0.39 is 20.1 Å². The standard InChI is InChI=1S/C13H9N6O4.ClHO4/c20-18(21)12-5-1-10(2-6-12)16-14-9-15-17(16)11-3-7-13(8-4-11)19(22)23;2-1(3,4)5/h1-9H;(H,2,3,4,5)/q+1;/p-1. The third kappa shape index (κ3) is 5.73. The number of nitro groups is 2. The summed E-state index contributed by atoms with van der Waals surface area (Å²) in [7, 11) is -4.94. The van der Waals surface area contributed by atoms with Crippen molar-refractivity contribution in [3.63, 3.8) is 0 Å². The van der Waals surface area contributed by atoms with Gasteiger partial charge in [0.1, 0.15) is 5.69 Å². The molecule has 15 heteroatoms. The molecule has 0 atom stereocenters. The van der Waals surface area contributed by atoms with Crippen LogP contribution < -0.4 is 23.4 Å². The zero-order valence-electron chi connectivity index (χ0n) is 13.5. The van der Waals surface area contributed by atoms with Crippen molar-refractivity contribution in [1.29, 1.82) is 0 Å². The zero-order chi connectivity index (χ0) is 20.9. The minimum Gasteiger partial charge on any atom is -0.258 e. The molecule has 1 heterocycles. The second kappa shape index (κ2) is 8.42. The second-order valence-electron chi connectivity index (χ2n) is 4.85. The predicted octanol–water partition coefficient (Wildman–Crippen LogP) is -3.40. The van der Waals surface area contributed by atoms with Crippen molar-refractivity contribution in [2.45, 2.75) is 0 Å². The van der Waals surface area contributed by atoms with Crippen molar-refractivity contribution >= 4 is 11.4 Å². The molecular formula is C13H9ClN6O8. The molecule has 0 aliphatic carbocycles. The topological polar surface area (TPSA) is 213 Å². The lowest BCUT2D eigenvalue weighted by Gasteiger charge is -2.17. The quantitative estimate of drug-likeness (QED) is 0.235. The van der Waals surface area contributed by atoms with Gasteiger partial charge in [-0.3, -0.25) is 20.2 Å². The van der Waals surface area contributed by atoms with E-state index in [0.29, 0.717) is 11.4 Å². The molecule has 1 aromatic heterocycles. The van der Waals surface area contributed by atoms with E-state index >= 15 is 0 Å². The Bertz CT molecular complexity index is 892. The molecule has 0 aliphatic rings. The van der Waals surface area contributed by atoms with Crippen LogP contribution in [0.4, 0.5) is 11.4 Å². The average molecular weight is 413 g/mol. The van der Waals surface area contributed by atoms with Gasteiger partial charge in [-0.15, -0.1) is 10.2 Å². The van der Waals surface area contributed by atoms with Crippen molar-refractivity contribution in [2.75, 3.05) is 0 Å². The maximum atomic E-state index is 10.7. The largest absolute Gasteiger partial charge is 0.297 e. The van der Waals surface area contributed by atoms with Crippen molar-refractivity contribution < 1.29 is 43.5 Å². The first-order chi connectivity index (χ1) is 13.1. The molecule has 3 rings (SSSR count). The van der Waals surface area contributed by atoms with Gasteiger partial charge in [0.25, 0.3) is 17.7 Å². The first kappa shape index (κ1) is 20.7. The summed E-state index contributed by atoms with van der Waals surface area (Å²) in [4.78, 5) is 23.2. The summed E-state index contributed by atoms with van der Waals surface area (Å²) >= 11 is 0. The van der Waals surface area contributed by atoms with Crippen LogP contribution in [0.15, 0.2) is 54.9 Å². The number of benzene rings is 2. The molecular weight excluding hydrogens is 404 g/mol. The summed E-state index contributed by atoms with van der Waals surface area (Å²) in [6.07, 6.45) is 1.31. The first-order valence-electron chi connectivity index (χ1n) is 7.00. The highest BCUT2D eigenvalue weighted by Crippen LogP contribution is 2.15. The molecule has 0 radical (unpaired) electrons. The number of aromatic nitrogens is 4. The lowest BCUT2D eigenvalue weighted by molar-refractivity contribution is -2.00. The van der Waals surface area contributed by atoms with Crippen LogP contribution in [0.3, 0.4) is 0 Å². The van der Waals surface area contributed by atoms with Crippen LogP contribution in [0, 0.1) is 30.5 Å².